The van der Waals surface area contributed by atoms with Gasteiger partial charge in [0.1, 0.15) is 23.0 Å². The molecule has 38 heavy (non-hydrogen) atoms. The molecule has 4 bridgehead atoms. The van der Waals surface area contributed by atoms with Crippen molar-refractivity contribution in [1.29, 1.82) is 0 Å². The minimum absolute atomic E-state index is 0.111. The lowest BCUT2D eigenvalue weighted by molar-refractivity contribution is -0.142. The third-order valence-electron chi connectivity index (χ3n) is 7.98. The van der Waals surface area contributed by atoms with Crippen LogP contribution in [-0.2, 0) is 25.4 Å². The number of anilines is 1. The molecule has 3 aliphatic rings. The summed E-state index contributed by atoms with van der Waals surface area (Å²) in [6.45, 7) is 7.80. The van der Waals surface area contributed by atoms with Crippen LogP contribution < -0.4 is 15.4 Å². The van der Waals surface area contributed by atoms with Gasteiger partial charge in [-0.2, -0.15) is 0 Å². The molecule has 0 spiro atoms. The number of epoxide rings is 1. The highest BCUT2D eigenvalue weighted by atomic mass is 35.5. The van der Waals surface area contributed by atoms with Crippen molar-refractivity contribution >= 4 is 29.3 Å². The van der Waals surface area contributed by atoms with E-state index in [1.54, 1.807) is 12.2 Å². The Hall–Kier alpha value is -2.59. The number of methoxy groups -OCH3 is 2. The van der Waals surface area contributed by atoms with Crippen LogP contribution >= 0.6 is 11.6 Å². The highest BCUT2D eigenvalue weighted by Crippen LogP contribution is 2.50. The van der Waals surface area contributed by atoms with Crippen LogP contribution in [0.5, 0.6) is 5.75 Å². The van der Waals surface area contributed by atoms with Crippen LogP contribution in [-0.4, -0.2) is 61.0 Å². The van der Waals surface area contributed by atoms with Crippen LogP contribution in [0.2, 0.25) is 5.02 Å². The Kier molecular flexibility index (Phi) is 8.14. The highest BCUT2D eigenvalue weighted by Gasteiger charge is 2.61. The molecule has 4 rings (SSSR count). The van der Waals surface area contributed by atoms with E-state index in [-0.39, 0.29) is 36.7 Å². The van der Waals surface area contributed by atoms with E-state index in [2.05, 4.69) is 10.6 Å². The molecule has 0 aromatic heterocycles. The van der Waals surface area contributed by atoms with Gasteiger partial charge >= 0.3 is 6.09 Å². The lowest BCUT2D eigenvalue weighted by Gasteiger charge is -2.42. The van der Waals surface area contributed by atoms with Crippen molar-refractivity contribution in [2.45, 2.75) is 76.6 Å². The molecule has 208 valence electrons. The third-order valence-corrected chi connectivity index (χ3v) is 8.37. The molecule has 0 saturated carbocycles. The molecule has 9 nitrogen and oxygen atoms in total. The number of alkyl carbamates (subject to hydrolysis) is 1. The highest BCUT2D eigenvalue weighted by molar-refractivity contribution is 6.35. The average molecular weight is 549 g/mol. The molecular formula is C28H37ClN2O7. The number of carbonyl (C=O) groups is 2. The lowest BCUT2D eigenvalue weighted by Crippen LogP contribution is -2.63. The predicted molar refractivity (Wildman–Crippen MR) is 143 cm³/mol. The van der Waals surface area contributed by atoms with Gasteiger partial charge in [-0.05, 0) is 43.9 Å². The first kappa shape index (κ1) is 28.4. The summed E-state index contributed by atoms with van der Waals surface area (Å²) in [5, 5.41) is 17.3. The quantitative estimate of drug-likeness (QED) is 0.470. The van der Waals surface area contributed by atoms with Crippen molar-refractivity contribution in [3.8, 4) is 5.75 Å². The smallest absolute Gasteiger partial charge is 0.409 e. The maximum Gasteiger partial charge on any atom is 0.409 e. The average Bonchev–Trinajstić information content (AvgIpc) is 3.54. The fourth-order valence-electron chi connectivity index (χ4n) is 5.50. The van der Waals surface area contributed by atoms with Gasteiger partial charge in [0.15, 0.2) is 5.72 Å². The van der Waals surface area contributed by atoms with Crippen LogP contribution in [0.3, 0.4) is 0 Å². The van der Waals surface area contributed by atoms with Gasteiger partial charge in [-0.1, -0.05) is 49.2 Å². The van der Waals surface area contributed by atoms with Crippen LogP contribution in [0.4, 0.5) is 10.5 Å². The first-order valence-corrected chi connectivity index (χ1v) is 13.2. The fraction of sp³-hybridized carbons (Fsp3) is 0.571. The Morgan fingerprint density at radius 1 is 1.21 bits per heavy atom. The molecule has 7 atom stereocenters. The van der Waals surface area contributed by atoms with E-state index in [0.717, 1.165) is 11.1 Å². The minimum atomic E-state index is -1.67. The fourth-order valence-corrected chi connectivity index (χ4v) is 5.73. The molecule has 1 aromatic rings. The van der Waals surface area contributed by atoms with E-state index in [9.17, 15) is 14.7 Å². The van der Waals surface area contributed by atoms with Crippen LogP contribution in [0.15, 0.2) is 35.9 Å². The number of nitrogens with one attached hydrogen (secondary N) is 2. The molecule has 2 amide bonds. The van der Waals surface area contributed by atoms with Crippen LogP contribution in [0.1, 0.15) is 46.1 Å². The lowest BCUT2D eigenvalue weighted by atomic mass is 9.81. The number of allylic oxidation sites excluding steroid dienone is 3. The van der Waals surface area contributed by atoms with E-state index < -0.39 is 29.6 Å². The van der Waals surface area contributed by atoms with Crippen LogP contribution in [0.25, 0.3) is 0 Å². The van der Waals surface area contributed by atoms with Crippen molar-refractivity contribution < 1.29 is 33.6 Å². The Labute approximate surface area is 228 Å². The standard InChI is InChI=1S/C28H37ClN2O7/c1-15-8-7-9-22(36-6)28(34)14-21(37-26(33)31-28)17(3)25-27(4,38-25)16(2)11-23(32)30-19-12-18(10-15)13-20(35-5)24(19)29/h7-9,12-13,16-17,21-22,25,34H,10-11,14H2,1-6H3,(H,30,32)(H,31,33)/b9-7+,15-8+. The molecular weight excluding hydrogens is 512 g/mol. The van der Waals surface area contributed by atoms with Crippen molar-refractivity contribution in [2.24, 2.45) is 11.8 Å². The van der Waals surface area contributed by atoms with Gasteiger partial charge < -0.3 is 29.4 Å². The molecule has 2 fully saturated rings. The first-order valence-electron chi connectivity index (χ1n) is 12.8. The van der Waals surface area contributed by atoms with E-state index in [1.807, 2.05) is 45.9 Å². The van der Waals surface area contributed by atoms with Crippen molar-refractivity contribution in [2.75, 3.05) is 19.5 Å². The second-order valence-electron chi connectivity index (χ2n) is 10.8. The number of benzene rings is 1. The molecule has 7 unspecified atom stereocenters. The number of hydrogen-bond donors (Lipinski definition) is 3. The number of fused-ring (bicyclic) bond motifs is 5. The Balaban J connectivity index is 1.71. The van der Waals surface area contributed by atoms with E-state index in [0.29, 0.717) is 22.9 Å². The van der Waals surface area contributed by atoms with Crippen LogP contribution in [0, 0.1) is 11.8 Å². The van der Waals surface area contributed by atoms with Gasteiger partial charge in [0, 0.05) is 25.9 Å². The predicted octanol–water partition coefficient (Wildman–Crippen LogP) is 4.37. The number of halogens is 1. The Bertz CT molecular complexity index is 1150. The van der Waals surface area contributed by atoms with Gasteiger partial charge in [0.25, 0.3) is 0 Å². The summed E-state index contributed by atoms with van der Waals surface area (Å²) in [7, 11) is 3.01. The molecule has 1 aromatic carbocycles. The summed E-state index contributed by atoms with van der Waals surface area (Å²) in [4.78, 5) is 25.5. The molecule has 3 aliphatic heterocycles. The summed E-state index contributed by atoms with van der Waals surface area (Å²) in [6.07, 6.45) is 3.86. The van der Waals surface area contributed by atoms with Gasteiger partial charge in [-0.3, -0.25) is 10.1 Å². The molecule has 3 heterocycles. The normalized spacial score (nSPS) is 38.0. The SMILES string of the molecule is COc1cc2cc(c1Cl)NC(=O)CC(C)C1(C)OC1C(C)C1CC(O)(NC(=O)O1)C(OC)/C=C/C=C(\C)C2. The zero-order valence-corrected chi connectivity index (χ0v) is 23.4. The van der Waals surface area contributed by atoms with Crippen molar-refractivity contribution in [1.82, 2.24) is 5.32 Å². The number of rotatable bonds is 2. The third kappa shape index (κ3) is 5.71. The molecule has 2 saturated heterocycles. The zero-order valence-electron chi connectivity index (χ0n) is 22.7. The second kappa shape index (κ2) is 10.9. The largest absolute Gasteiger partial charge is 0.495 e. The topological polar surface area (TPSA) is 119 Å². The summed E-state index contributed by atoms with van der Waals surface area (Å²) in [5.74, 6) is -0.0977. The minimum Gasteiger partial charge on any atom is -0.495 e. The van der Waals surface area contributed by atoms with Gasteiger partial charge in [0.2, 0.25) is 5.91 Å². The molecule has 3 N–H and O–H groups in total. The zero-order chi connectivity index (χ0) is 27.8. The van der Waals surface area contributed by atoms with E-state index in [1.165, 1.54) is 14.2 Å². The second-order valence-corrected chi connectivity index (χ2v) is 11.2. The van der Waals surface area contributed by atoms with Gasteiger partial charge in [-0.15, -0.1) is 0 Å². The first-order chi connectivity index (χ1) is 17.9. The van der Waals surface area contributed by atoms with Crippen molar-refractivity contribution in [3.05, 3.63) is 46.5 Å². The van der Waals surface area contributed by atoms with Gasteiger partial charge in [0.05, 0.1) is 24.5 Å². The Morgan fingerprint density at radius 2 is 1.95 bits per heavy atom. The number of ether oxygens (including phenoxy) is 4. The number of hydrogen-bond acceptors (Lipinski definition) is 7. The number of aliphatic hydroxyl groups is 1. The number of amides is 2. The summed E-state index contributed by atoms with van der Waals surface area (Å²) in [5.41, 5.74) is 0.130. The molecule has 0 aliphatic carbocycles. The summed E-state index contributed by atoms with van der Waals surface area (Å²) >= 11 is 6.53. The number of carbonyl (C=O) groups excluding carboxylic acids is 2. The summed E-state index contributed by atoms with van der Waals surface area (Å²) in [6, 6.07) is 3.69. The van der Waals surface area contributed by atoms with Crippen molar-refractivity contribution in [3.63, 3.8) is 0 Å². The monoisotopic (exact) mass is 548 g/mol. The maximum absolute atomic E-state index is 13.1. The summed E-state index contributed by atoms with van der Waals surface area (Å²) < 4.78 is 22.7. The molecule has 0 radical (unpaired) electrons. The van der Waals surface area contributed by atoms with Gasteiger partial charge in [-0.25, -0.2) is 4.79 Å². The van der Waals surface area contributed by atoms with E-state index >= 15 is 0 Å². The maximum atomic E-state index is 13.1. The Morgan fingerprint density at radius 3 is 2.63 bits per heavy atom. The van der Waals surface area contributed by atoms with E-state index in [4.69, 9.17) is 30.5 Å². The molecule has 10 heteroatoms.